The topological polar surface area (TPSA) is 51.0 Å². The number of aliphatic imine (C=N–C) groups is 1. The van der Waals surface area contributed by atoms with E-state index in [-0.39, 0.29) is 0 Å². The van der Waals surface area contributed by atoms with Gasteiger partial charge in [-0.2, -0.15) is 0 Å². The number of benzene rings is 4. The lowest BCUT2D eigenvalue weighted by molar-refractivity contribution is 1.07. The molecule has 5 heteroatoms. The van der Waals surface area contributed by atoms with Crippen molar-refractivity contribution in [3.63, 3.8) is 0 Å². The largest absolute Gasteiger partial charge is 0.257 e. The molecule has 51 heavy (non-hydrogen) atoms. The summed E-state index contributed by atoms with van der Waals surface area (Å²) in [5.41, 5.74) is 10.3. The van der Waals surface area contributed by atoms with E-state index in [2.05, 4.69) is 92.8 Å². The van der Waals surface area contributed by atoms with E-state index in [9.17, 15) is 0 Å². The molecule has 1 aliphatic rings. The van der Waals surface area contributed by atoms with Crippen LogP contribution in [0.1, 0.15) is 51.2 Å². The average Bonchev–Trinajstić information content (AvgIpc) is 3.40. The summed E-state index contributed by atoms with van der Waals surface area (Å²) < 4.78 is 0. The van der Waals surface area contributed by atoms with Gasteiger partial charge in [0.15, 0.2) is 17.5 Å². The highest BCUT2D eigenvalue weighted by Gasteiger charge is 2.15. The average molecular weight is 685 g/mol. The van der Waals surface area contributed by atoms with Gasteiger partial charge in [-0.15, -0.1) is 0 Å². The quantitative estimate of drug-likeness (QED) is 0.130. The molecule has 0 saturated heterocycles. The van der Waals surface area contributed by atoms with Crippen molar-refractivity contribution in [1.82, 2.24) is 15.0 Å². The fourth-order valence-electron chi connectivity index (χ4n) is 5.88. The van der Waals surface area contributed by atoms with Gasteiger partial charge in [0.1, 0.15) is 0 Å². The SMILES string of the molecule is C/C=C(\C=C/CC)C1=CCC(C/C=C\C(=C/C)c2cc(Cl)cc(-c3nc(-c4ccccc4)nc(-c4ccccc4)n3)c2)=NC(c2ccccc2)=C1. The summed E-state index contributed by atoms with van der Waals surface area (Å²) in [7, 11) is 0. The van der Waals surface area contributed by atoms with Crippen molar-refractivity contribution in [2.24, 2.45) is 4.99 Å². The van der Waals surface area contributed by atoms with Crippen LogP contribution in [0.3, 0.4) is 0 Å². The summed E-state index contributed by atoms with van der Waals surface area (Å²) >= 11 is 6.78. The van der Waals surface area contributed by atoms with Crippen LogP contribution in [0.2, 0.25) is 5.02 Å². The molecular weight excluding hydrogens is 644 g/mol. The van der Waals surface area contributed by atoms with Crippen LogP contribution in [-0.4, -0.2) is 20.7 Å². The molecule has 0 bridgehead atoms. The molecule has 4 aromatic carbocycles. The van der Waals surface area contributed by atoms with Crippen molar-refractivity contribution >= 4 is 28.6 Å². The second-order valence-corrected chi connectivity index (χ2v) is 12.5. The maximum atomic E-state index is 6.78. The number of rotatable bonds is 11. The maximum Gasteiger partial charge on any atom is 0.164 e. The first-order valence-electron chi connectivity index (χ1n) is 17.4. The molecule has 2 heterocycles. The summed E-state index contributed by atoms with van der Waals surface area (Å²) in [6, 6.07) is 36.4. The van der Waals surface area contributed by atoms with E-state index >= 15 is 0 Å². The Labute approximate surface area is 306 Å². The molecule has 4 nitrogen and oxygen atoms in total. The Hall–Kier alpha value is -5.71. The van der Waals surface area contributed by atoms with Crippen molar-refractivity contribution in [2.45, 2.75) is 40.0 Å². The molecule has 0 spiro atoms. The molecular formula is C46H41ClN4. The third-order valence-electron chi connectivity index (χ3n) is 8.53. The van der Waals surface area contributed by atoms with Gasteiger partial charge in [-0.25, -0.2) is 15.0 Å². The molecule has 1 aliphatic heterocycles. The number of hydrogen-bond acceptors (Lipinski definition) is 4. The van der Waals surface area contributed by atoms with E-state index < -0.39 is 0 Å². The zero-order valence-corrected chi connectivity index (χ0v) is 30.1. The van der Waals surface area contributed by atoms with Gasteiger partial charge < -0.3 is 0 Å². The third kappa shape index (κ3) is 9.10. The van der Waals surface area contributed by atoms with E-state index in [1.807, 2.05) is 85.8 Å². The lowest BCUT2D eigenvalue weighted by Crippen LogP contribution is -2.00. The number of nitrogens with zero attached hydrogens (tertiary/aromatic N) is 4. The molecule has 6 rings (SSSR count). The first-order valence-corrected chi connectivity index (χ1v) is 17.8. The zero-order valence-electron chi connectivity index (χ0n) is 29.3. The lowest BCUT2D eigenvalue weighted by Gasteiger charge is -2.11. The predicted molar refractivity (Wildman–Crippen MR) is 216 cm³/mol. The van der Waals surface area contributed by atoms with Gasteiger partial charge in [0, 0.05) is 45.8 Å². The summed E-state index contributed by atoms with van der Waals surface area (Å²) in [6.07, 6.45) is 20.0. The van der Waals surface area contributed by atoms with Crippen molar-refractivity contribution < 1.29 is 0 Å². The minimum atomic E-state index is 0.566. The van der Waals surface area contributed by atoms with Gasteiger partial charge in [0.25, 0.3) is 0 Å². The smallest absolute Gasteiger partial charge is 0.164 e. The molecule has 0 unspecified atom stereocenters. The van der Waals surface area contributed by atoms with Crippen molar-refractivity contribution in [3.05, 3.63) is 185 Å². The minimum Gasteiger partial charge on any atom is -0.257 e. The van der Waals surface area contributed by atoms with Crippen LogP contribution < -0.4 is 0 Å². The first kappa shape index (κ1) is 35.1. The second kappa shape index (κ2) is 17.3. The van der Waals surface area contributed by atoms with E-state index in [1.165, 1.54) is 11.1 Å². The number of allylic oxidation sites excluding steroid dienone is 11. The summed E-state index contributed by atoms with van der Waals surface area (Å²) in [6.45, 7) is 6.29. The highest BCUT2D eigenvalue weighted by atomic mass is 35.5. The second-order valence-electron chi connectivity index (χ2n) is 12.1. The summed E-state index contributed by atoms with van der Waals surface area (Å²) in [4.78, 5) is 19.9. The van der Waals surface area contributed by atoms with Gasteiger partial charge in [-0.3, -0.25) is 4.99 Å². The summed E-state index contributed by atoms with van der Waals surface area (Å²) in [5, 5.41) is 0.610. The Morgan fingerprint density at radius 2 is 1.20 bits per heavy atom. The zero-order chi connectivity index (χ0) is 35.4. The first-order chi connectivity index (χ1) is 25.0. The highest BCUT2D eigenvalue weighted by Crippen LogP contribution is 2.31. The Balaban J connectivity index is 1.30. The Morgan fingerprint density at radius 1 is 0.647 bits per heavy atom. The molecule has 0 atom stereocenters. The normalized spacial score (nSPS) is 14.0. The number of aromatic nitrogens is 3. The van der Waals surface area contributed by atoms with Crippen molar-refractivity contribution in [1.29, 1.82) is 0 Å². The monoisotopic (exact) mass is 684 g/mol. The van der Waals surface area contributed by atoms with E-state index in [4.69, 9.17) is 31.5 Å². The molecule has 0 saturated carbocycles. The molecule has 0 aliphatic carbocycles. The van der Waals surface area contributed by atoms with Crippen LogP contribution in [0.25, 0.3) is 45.4 Å². The van der Waals surface area contributed by atoms with E-state index in [0.717, 1.165) is 57.6 Å². The van der Waals surface area contributed by atoms with Crippen LogP contribution in [0.4, 0.5) is 0 Å². The van der Waals surface area contributed by atoms with Crippen LogP contribution in [-0.2, 0) is 0 Å². The standard InChI is InChI=1S/C46H41ClN4/c1-4-7-18-33(5-2)38-27-28-42(48-43(32-38)35-19-11-8-12-20-35)26-17-25-34(6-3)39-29-40(31-41(47)30-39)46-50-44(36-21-13-9-14-22-36)49-45(51-46)37-23-15-10-16-24-37/h5-25,27,29-32H,4,26,28H2,1-3H3/b18-7-,25-17-,33-5+,34-6+. The van der Waals surface area contributed by atoms with Gasteiger partial charge in [-0.1, -0.05) is 152 Å². The fraction of sp³-hybridized carbons (Fsp3) is 0.130. The van der Waals surface area contributed by atoms with Crippen LogP contribution >= 0.6 is 11.6 Å². The van der Waals surface area contributed by atoms with E-state index in [1.54, 1.807) is 0 Å². The third-order valence-corrected chi connectivity index (χ3v) is 8.74. The molecule has 5 aromatic rings. The van der Waals surface area contributed by atoms with Gasteiger partial charge in [-0.05, 0) is 66.8 Å². The highest BCUT2D eigenvalue weighted by molar-refractivity contribution is 6.31. The van der Waals surface area contributed by atoms with Crippen LogP contribution in [0, 0.1) is 0 Å². The molecule has 0 N–H and O–H groups in total. The number of hydrogen-bond donors (Lipinski definition) is 0. The predicted octanol–water partition coefficient (Wildman–Crippen LogP) is 12.6. The van der Waals surface area contributed by atoms with Crippen LogP contribution in [0.5, 0.6) is 0 Å². The van der Waals surface area contributed by atoms with Gasteiger partial charge >= 0.3 is 0 Å². The summed E-state index contributed by atoms with van der Waals surface area (Å²) in [5.74, 6) is 1.79. The minimum absolute atomic E-state index is 0.566. The number of halogens is 1. The molecule has 0 amide bonds. The molecule has 252 valence electrons. The van der Waals surface area contributed by atoms with Gasteiger partial charge in [0.05, 0.1) is 5.70 Å². The fourth-order valence-corrected chi connectivity index (χ4v) is 6.11. The van der Waals surface area contributed by atoms with Crippen LogP contribution in [0.15, 0.2) is 174 Å². The Morgan fingerprint density at radius 3 is 1.76 bits per heavy atom. The van der Waals surface area contributed by atoms with E-state index in [0.29, 0.717) is 28.9 Å². The molecule has 1 aromatic heterocycles. The lowest BCUT2D eigenvalue weighted by atomic mass is 10.00. The molecule has 0 radical (unpaired) electrons. The maximum absolute atomic E-state index is 6.78. The Kier molecular flexibility index (Phi) is 11.9. The van der Waals surface area contributed by atoms with Crippen molar-refractivity contribution in [2.75, 3.05) is 0 Å². The van der Waals surface area contributed by atoms with Gasteiger partial charge in [0.2, 0.25) is 0 Å². The molecule has 0 fully saturated rings. The Bertz CT molecular complexity index is 2130. The van der Waals surface area contributed by atoms with Crippen molar-refractivity contribution in [3.8, 4) is 34.2 Å².